The van der Waals surface area contributed by atoms with E-state index >= 15 is 0 Å². The van der Waals surface area contributed by atoms with Gasteiger partial charge < -0.3 is 5.32 Å². The van der Waals surface area contributed by atoms with Crippen LogP contribution in [0.15, 0.2) is 0 Å². The SMILES string of the molecule is CCN(CC1CCCN1)C1CCC(C(F)(F)F)CC1. The molecule has 2 rings (SSSR count). The molecule has 1 atom stereocenters. The second-order valence-electron chi connectivity index (χ2n) is 5.93. The Hall–Kier alpha value is -0.290. The number of nitrogens with one attached hydrogen (secondary N) is 1. The van der Waals surface area contributed by atoms with Crippen LogP contribution in [-0.4, -0.2) is 42.8 Å². The monoisotopic (exact) mass is 278 g/mol. The molecule has 2 fully saturated rings. The normalized spacial score (nSPS) is 33.0. The summed E-state index contributed by atoms with van der Waals surface area (Å²) in [7, 11) is 0. The highest BCUT2D eigenvalue weighted by Gasteiger charge is 2.42. The molecule has 0 aromatic carbocycles. The molecule has 1 N–H and O–H groups in total. The lowest BCUT2D eigenvalue weighted by molar-refractivity contribution is -0.184. The quantitative estimate of drug-likeness (QED) is 0.849. The topological polar surface area (TPSA) is 15.3 Å². The first-order valence-electron chi connectivity index (χ1n) is 7.55. The molecule has 0 amide bonds. The second-order valence-corrected chi connectivity index (χ2v) is 5.93. The Morgan fingerprint density at radius 1 is 1.11 bits per heavy atom. The van der Waals surface area contributed by atoms with Crippen molar-refractivity contribution in [2.24, 2.45) is 5.92 Å². The van der Waals surface area contributed by atoms with Crippen LogP contribution < -0.4 is 5.32 Å². The molecule has 0 spiro atoms. The molecule has 1 aliphatic heterocycles. The number of alkyl halides is 3. The van der Waals surface area contributed by atoms with Crippen LogP contribution in [0.4, 0.5) is 13.2 Å². The molecule has 1 saturated carbocycles. The molecule has 2 nitrogen and oxygen atoms in total. The van der Waals surface area contributed by atoms with Gasteiger partial charge in [0.15, 0.2) is 0 Å². The lowest BCUT2D eigenvalue weighted by Gasteiger charge is -2.38. The Morgan fingerprint density at radius 2 is 1.79 bits per heavy atom. The maximum Gasteiger partial charge on any atom is 0.391 e. The maximum absolute atomic E-state index is 12.7. The summed E-state index contributed by atoms with van der Waals surface area (Å²) in [6.07, 6.45) is 0.452. The summed E-state index contributed by atoms with van der Waals surface area (Å²) in [5.74, 6) is -1.06. The Bertz CT molecular complexity index is 266. The highest BCUT2D eigenvalue weighted by atomic mass is 19.4. The third-order valence-electron chi connectivity index (χ3n) is 4.70. The standard InChI is InChI=1S/C14H25F3N2/c1-2-19(10-12-4-3-9-18-12)13-7-5-11(6-8-13)14(15,16)17/h11-13,18H,2-10H2,1H3. The van der Waals surface area contributed by atoms with Crippen LogP contribution in [-0.2, 0) is 0 Å². The lowest BCUT2D eigenvalue weighted by atomic mass is 9.84. The lowest BCUT2D eigenvalue weighted by Crippen LogP contribution is -2.45. The third-order valence-corrected chi connectivity index (χ3v) is 4.70. The zero-order valence-electron chi connectivity index (χ0n) is 11.7. The van der Waals surface area contributed by atoms with E-state index in [2.05, 4.69) is 17.1 Å². The summed E-state index contributed by atoms with van der Waals surface area (Å²) < 4.78 is 38.0. The molecule has 1 heterocycles. The first-order valence-corrected chi connectivity index (χ1v) is 7.55. The zero-order chi connectivity index (χ0) is 13.9. The van der Waals surface area contributed by atoms with Gasteiger partial charge in [-0.05, 0) is 51.6 Å². The highest BCUT2D eigenvalue weighted by molar-refractivity contribution is 4.85. The summed E-state index contributed by atoms with van der Waals surface area (Å²) in [6, 6.07) is 0.895. The molecule has 2 aliphatic rings. The van der Waals surface area contributed by atoms with Crippen LogP contribution in [0, 0.1) is 5.92 Å². The van der Waals surface area contributed by atoms with Gasteiger partial charge in [-0.15, -0.1) is 0 Å². The molecule has 19 heavy (non-hydrogen) atoms. The van der Waals surface area contributed by atoms with E-state index in [1.165, 1.54) is 12.8 Å². The van der Waals surface area contributed by atoms with Gasteiger partial charge in [-0.25, -0.2) is 0 Å². The van der Waals surface area contributed by atoms with Gasteiger partial charge in [0, 0.05) is 18.6 Å². The van der Waals surface area contributed by atoms with E-state index in [9.17, 15) is 13.2 Å². The minimum Gasteiger partial charge on any atom is -0.313 e. The van der Waals surface area contributed by atoms with E-state index < -0.39 is 12.1 Å². The first-order chi connectivity index (χ1) is 9.00. The van der Waals surface area contributed by atoms with Gasteiger partial charge in [0.1, 0.15) is 0 Å². The molecule has 0 aromatic heterocycles. The Labute approximate surface area is 113 Å². The summed E-state index contributed by atoms with van der Waals surface area (Å²) in [5, 5.41) is 3.47. The van der Waals surface area contributed by atoms with E-state index in [1.54, 1.807) is 0 Å². The fraction of sp³-hybridized carbons (Fsp3) is 1.00. The minimum atomic E-state index is -3.99. The van der Waals surface area contributed by atoms with Crippen molar-refractivity contribution >= 4 is 0 Å². The summed E-state index contributed by atoms with van der Waals surface area (Å²) in [5.41, 5.74) is 0. The van der Waals surface area contributed by atoms with Crippen molar-refractivity contribution in [3.8, 4) is 0 Å². The number of hydrogen-bond acceptors (Lipinski definition) is 2. The second kappa shape index (κ2) is 6.44. The number of halogens is 3. The van der Waals surface area contributed by atoms with E-state index in [4.69, 9.17) is 0 Å². The molecule has 0 radical (unpaired) electrons. The van der Waals surface area contributed by atoms with Gasteiger partial charge in [-0.2, -0.15) is 13.2 Å². The fourth-order valence-electron chi connectivity index (χ4n) is 3.50. The minimum absolute atomic E-state index is 0.308. The molecule has 1 aliphatic carbocycles. The summed E-state index contributed by atoms with van der Waals surface area (Å²) in [6.45, 7) is 5.14. The molecule has 0 bridgehead atoms. The third kappa shape index (κ3) is 4.09. The highest BCUT2D eigenvalue weighted by Crippen LogP contribution is 2.38. The van der Waals surface area contributed by atoms with Crippen molar-refractivity contribution in [2.75, 3.05) is 19.6 Å². The van der Waals surface area contributed by atoms with Crippen LogP contribution in [0.1, 0.15) is 45.4 Å². The van der Waals surface area contributed by atoms with E-state index in [0.717, 1.165) is 19.6 Å². The predicted molar refractivity (Wildman–Crippen MR) is 70.1 cm³/mol. The van der Waals surface area contributed by atoms with Gasteiger partial charge >= 0.3 is 6.18 Å². The van der Waals surface area contributed by atoms with Crippen molar-refractivity contribution in [3.63, 3.8) is 0 Å². The Kier molecular flexibility index (Phi) is 5.12. The van der Waals surface area contributed by atoms with Crippen LogP contribution in [0.3, 0.4) is 0 Å². The van der Waals surface area contributed by atoms with Gasteiger partial charge in [0.05, 0.1) is 5.92 Å². The maximum atomic E-state index is 12.7. The Balaban J connectivity index is 1.81. The van der Waals surface area contributed by atoms with Gasteiger partial charge in [0.2, 0.25) is 0 Å². The summed E-state index contributed by atoms with van der Waals surface area (Å²) in [4.78, 5) is 2.38. The van der Waals surface area contributed by atoms with Crippen molar-refractivity contribution in [1.29, 1.82) is 0 Å². The fourth-order valence-corrected chi connectivity index (χ4v) is 3.50. The molecule has 112 valence electrons. The van der Waals surface area contributed by atoms with Crippen LogP contribution >= 0.6 is 0 Å². The number of nitrogens with zero attached hydrogens (tertiary/aromatic N) is 1. The van der Waals surface area contributed by atoms with Crippen molar-refractivity contribution in [3.05, 3.63) is 0 Å². The molecular weight excluding hydrogens is 253 g/mol. The number of likely N-dealkylation sites (N-methyl/N-ethyl adjacent to an activating group) is 1. The zero-order valence-corrected chi connectivity index (χ0v) is 11.7. The van der Waals surface area contributed by atoms with Crippen LogP contribution in [0.5, 0.6) is 0 Å². The smallest absolute Gasteiger partial charge is 0.313 e. The van der Waals surface area contributed by atoms with Crippen molar-refractivity contribution in [1.82, 2.24) is 10.2 Å². The summed E-state index contributed by atoms with van der Waals surface area (Å²) >= 11 is 0. The van der Waals surface area contributed by atoms with Gasteiger partial charge in [-0.3, -0.25) is 4.90 Å². The Morgan fingerprint density at radius 3 is 2.26 bits per heavy atom. The number of hydrogen-bond donors (Lipinski definition) is 1. The molecule has 1 saturated heterocycles. The van der Waals surface area contributed by atoms with Crippen LogP contribution in [0.2, 0.25) is 0 Å². The molecular formula is C14H25F3N2. The average Bonchev–Trinajstić information content (AvgIpc) is 2.88. The molecule has 5 heteroatoms. The van der Waals surface area contributed by atoms with E-state index in [1.807, 2.05) is 0 Å². The van der Waals surface area contributed by atoms with Crippen LogP contribution in [0.25, 0.3) is 0 Å². The molecule has 1 unspecified atom stereocenters. The van der Waals surface area contributed by atoms with E-state index in [0.29, 0.717) is 37.8 Å². The van der Waals surface area contributed by atoms with Crippen molar-refractivity contribution in [2.45, 2.75) is 63.7 Å². The van der Waals surface area contributed by atoms with Crippen molar-refractivity contribution < 1.29 is 13.2 Å². The van der Waals surface area contributed by atoms with Gasteiger partial charge in [0.25, 0.3) is 0 Å². The predicted octanol–water partition coefficient (Wildman–Crippen LogP) is 3.18. The van der Waals surface area contributed by atoms with Gasteiger partial charge in [-0.1, -0.05) is 6.92 Å². The average molecular weight is 278 g/mol. The largest absolute Gasteiger partial charge is 0.391 e. The number of rotatable bonds is 4. The first kappa shape index (κ1) is 15.1. The van der Waals surface area contributed by atoms with E-state index in [-0.39, 0.29) is 0 Å². The molecule has 0 aromatic rings.